The van der Waals surface area contributed by atoms with E-state index in [1.807, 2.05) is 12.1 Å². The number of amides is 1. The number of hydrogen-bond acceptors (Lipinski definition) is 5. The lowest BCUT2D eigenvalue weighted by molar-refractivity contribution is 0.0951. The van der Waals surface area contributed by atoms with Crippen molar-refractivity contribution in [2.45, 2.75) is 25.3 Å². The minimum absolute atomic E-state index is 0.0344. The fourth-order valence-electron chi connectivity index (χ4n) is 2.90. The van der Waals surface area contributed by atoms with Gasteiger partial charge in [0.25, 0.3) is 5.91 Å². The summed E-state index contributed by atoms with van der Waals surface area (Å²) in [6.07, 6.45) is 6.74. The Balaban J connectivity index is 1.74. The van der Waals surface area contributed by atoms with E-state index in [9.17, 15) is 13.2 Å². The average Bonchev–Trinajstić information content (AvgIpc) is 3.28. The first kappa shape index (κ1) is 21.9. The molecule has 1 amide bonds. The topological polar surface area (TPSA) is 97.2 Å². The van der Waals surface area contributed by atoms with Crippen LogP contribution in [0.15, 0.2) is 60.1 Å². The van der Waals surface area contributed by atoms with Crippen LogP contribution >= 0.6 is 11.6 Å². The van der Waals surface area contributed by atoms with Crippen molar-refractivity contribution in [1.29, 1.82) is 0 Å². The van der Waals surface area contributed by atoms with Gasteiger partial charge in [-0.2, -0.15) is 4.31 Å². The maximum Gasteiger partial charge on any atom is 0.253 e. The predicted molar refractivity (Wildman–Crippen MR) is 114 cm³/mol. The molecule has 0 fully saturated rings. The number of carbonyl (C=O) groups excluding carboxylic acids is 1. The first-order valence-corrected chi connectivity index (χ1v) is 11.2. The molecule has 2 aromatic heterocycles. The monoisotopic (exact) mass is 447 g/mol. The largest absolute Gasteiger partial charge is 0.348 e. The second-order valence-corrected chi connectivity index (χ2v) is 8.75. The Bertz CT molecular complexity index is 1110. The molecule has 3 rings (SSSR count). The Hall–Kier alpha value is -2.75. The maximum absolute atomic E-state index is 12.7. The van der Waals surface area contributed by atoms with Crippen LogP contribution in [-0.2, 0) is 16.6 Å². The zero-order chi connectivity index (χ0) is 21.7. The van der Waals surface area contributed by atoms with E-state index in [1.165, 1.54) is 22.5 Å². The molecule has 0 bridgehead atoms. The van der Waals surface area contributed by atoms with Gasteiger partial charge in [0.05, 0.1) is 15.5 Å². The van der Waals surface area contributed by atoms with Gasteiger partial charge in [0, 0.05) is 38.2 Å². The molecule has 0 spiro atoms. The highest BCUT2D eigenvalue weighted by atomic mass is 35.5. The molecule has 1 aromatic carbocycles. The quantitative estimate of drug-likeness (QED) is 0.572. The fourth-order valence-corrected chi connectivity index (χ4v) is 4.59. The number of nitrogens with zero attached hydrogens (tertiary/aromatic N) is 4. The predicted octanol–water partition coefficient (Wildman–Crippen LogP) is 2.88. The van der Waals surface area contributed by atoms with E-state index in [2.05, 4.69) is 15.3 Å². The molecule has 1 N–H and O–H groups in total. The van der Waals surface area contributed by atoms with Gasteiger partial charge in [0.1, 0.15) is 12.1 Å². The number of imidazole rings is 1. The number of aromatic nitrogens is 3. The van der Waals surface area contributed by atoms with Gasteiger partial charge in [-0.1, -0.05) is 31.5 Å². The number of nitrogens with one attached hydrogen (secondary N) is 1. The number of benzene rings is 1. The van der Waals surface area contributed by atoms with Gasteiger partial charge in [-0.25, -0.2) is 18.4 Å². The SMILES string of the molecule is CCN(CC)S(=O)(=O)c1ccc(Cl)c(C(=O)NCc2ccc(-n3ccnc3)nc2)c1. The summed E-state index contributed by atoms with van der Waals surface area (Å²) < 4.78 is 28.5. The first-order valence-electron chi connectivity index (χ1n) is 9.38. The van der Waals surface area contributed by atoms with Gasteiger partial charge in [0.2, 0.25) is 10.0 Å². The first-order chi connectivity index (χ1) is 14.4. The molecule has 0 aliphatic rings. The van der Waals surface area contributed by atoms with Gasteiger partial charge in [-0.05, 0) is 29.8 Å². The van der Waals surface area contributed by atoms with Crippen molar-refractivity contribution in [2.75, 3.05) is 13.1 Å². The molecular formula is C20H22ClN5O3S. The molecule has 0 unspecified atom stereocenters. The summed E-state index contributed by atoms with van der Waals surface area (Å²) in [6, 6.07) is 7.80. The Morgan fingerprint density at radius 3 is 2.57 bits per heavy atom. The smallest absolute Gasteiger partial charge is 0.253 e. The molecular weight excluding hydrogens is 426 g/mol. The minimum Gasteiger partial charge on any atom is -0.348 e. The summed E-state index contributed by atoms with van der Waals surface area (Å²) in [4.78, 5) is 21.0. The van der Waals surface area contributed by atoms with Crippen LogP contribution in [0.3, 0.4) is 0 Å². The molecule has 0 aliphatic heterocycles. The average molecular weight is 448 g/mol. The number of sulfonamides is 1. The molecule has 3 aromatic rings. The molecule has 0 saturated heterocycles. The van der Waals surface area contributed by atoms with Crippen molar-refractivity contribution < 1.29 is 13.2 Å². The molecule has 30 heavy (non-hydrogen) atoms. The van der Waals surface area contributed by atoms with Crippen LogP contribution in [-0.4, -0.2) is 46.3 Å². The summed E-state index contributed by atoms with van der Waals surface area (Å²) in [5.74, 6) is 0.246. The number of carbonyl (C=O) groups is 1. The lowest BCUT2D eigenvalue weighted by atomic mass is 10.2. The maximum atomic E-state index is 12.7. The second kappa shape index (κ2) is 9.38. The second-order valence-electron chi connectivity index (χ2n) is 6.41. The lowest BCUT2D eigenvalue weighted by Gasteiger charge is -2.19. The van der Waals surface area contributed by atoms with Crippen LogP contribution in [0.2, 0.25) is 5.02 Å². The van der Waals surface area contributed by atoms with Crippen molar-refractivity contribution in [1.82, 2.24) is 24.2 Å². The standard InChI is InChI=1S/C20H22ClN5O3S/c1-3-26(4-2)30(28,29)16-6-7-18(21)17(11-16)20(27)24-13-15-5-8-19(23-12-15)25-10-9-22-14-25/h5-12,14H,3-4,13H2,1-2H3,(H,24,27). The third kappa shape index (κ3) is 4.69. The molecule has 10 heteroatoms. The third-order valence-corrected chi connectivity index (χ3v) is 6.93. The highest BCUT2D eigenvalue weighted by molar-refractivity contribution is 7.89. The molecule has 8 nitrogen and oxygen atoms in total. The Morgan fingerprint density at radius 1 is 1.20 bits per heavy atom. The van der Waals surface area contributed by atoms with E-state index in [4.69, 9.17) is 11.6 Å². The molecule has 0 aliphatic carbocycles. The van der Waals surface area contributed by atoms with Crippen LogP contribution in [0.25, 0.3) is 5.82 Å². The van der Waals surface area contributed by atoms with E-state index >= 15 is 0 Å². The van der Waals surface area contributed by atoms with E-state index in [1.54, 1.807) is 43.3 Å². The van der Waals surface area contributed by atoms with Crippen molar-refractivity contribution in [3.63, 3.8) is 0 Å². The van der Waals surface area contributed by atoms with Gasteiger partial charge < -0.3 is 5.32 Å². The van der Waals surface area contributed by atoms with E-state index in [0.29, 0.717) is 18.9 Å². The fraction of sp³-hybridized carbons (Fsp3) is 0.250. The van der Waals surface area contributed by atoms with Gasteiger partial charge in [0.15, 0.2) is 0 Å². The summed E-state index contributed by atoms with van der Waals surface area (Å²) in [5.41, 5.74) is 0.892. The molecule has 0 atom stereocenters. The van der Waals surface area contributed by atoms with Crippen LogP contribution in [0.4, 0.5) is 0 Å². The normalized spacial score (nSPS) is 11.6. The van der Waals surface area contributed by atoms with E-state index in [0.717, 1.165) is 5.56 Å². The Kier molecular flexibility index (Phi) is 6.86. The van der Waals surface area contributed by atoms with E-state index < -0.39 is 15.9 Å². The highest BCUT2D eigenvalue weighted by Gasteiger charge is 2.23. The third-order valence-electron chi connectivity index (χ3n) is 4.56. The number of halogens is 1. The summed E-state index contributed by atoms with van der Waals surface area (Å²) in [7, 11) is -3.69. The van der Waals surface area contributed by atoms with Crippen LogP contribution < -0.4 is 5.32 Å². The van der Waals surface area contributed by atoms with Crippen molar-refractivity contribution in [3.8, 4) is 5.82 Å². The van der Waals surface area contributed by atoms with Gasteiger partial charge in [-0.3, -0.25) is 9.36 Å². The van der Waals surface area contributed by atoms with Crippen molar-refractivity contribution in [3.05, 3.63) is 71.4 Å². The zero-order valence-electron chi connectivity index (χ0n) is 16.6. The van der Waals surface area contributed by atoms with Gasteiger partial charge >= 0.3 is 0 Å². The Labute approximate surface area is 180 Å². The lowest BCUT2D eigenvalue weighted by Crippen LogP contribution is -2.31. The molecule has 0 saturated carbocycles. The molecule has 2 heterocycles. The highest BCUT2D eigenvalue weighted by Crippen LogP contribution is 2.23. The summed E-state index contributed by atoms with van der Waals surface area (Å²) in [6.45, 7) is 4.42. The number of hydrogen-bond donors (Lipinski definition) is 1. The Morgan fingerprint density at radius 2 is 1.97 bits per heavy atom. The van der Waals surface area contributed by atoms with Crippen LogP contribution in [0.1, 0.15) is 29.8 Å². The van der Waals surface area contributed by atoms with Crippen molar-refractivity contribution >= 4 is 27.5 Å². The van der Waals surface area contributed by atoms with E-state index in [-0.39, 0.29) is 22.0 Å². The van der Waals surface area contributed by atoms with Crippen molar-refractivity contribution in [2.24, 2.45) is 0 Å². The van der Waals surface area contributed by atoms with Crippen LogP contribution in [0, 0.1) is 0 Å². The summed E-state index contributed by atoms with van der Waals surface area (Å²) >= 11 is 6.16. The van der Waals surface area contributed by atoms with Crippen LogP contribution in [0.5, 0.6) is 0 Å². The van der Waals surface area contributed by atoms with Gasteiger partial charge in [-0.15, -0.1) is 0 Å². The molecule has 158 valence electrons. The number of pyridine rings is 1. The molecule has 0 radical (unpaired) electrons. The minimum atomic E-state index is -3.69. The zero-order valence-corrected chi connectivity index (χ0v) is 18.2. The summed E-state index contributed by atoms with van der Waals surface area (Å²) in [5, 5.41) is 2.94. The number of rotatable bonds is 8.